The van der Waals surface area contributed by atoms with Gasteiger partial charge in [0.05, 0.1) is 11.4 Å². The minimum absolute atomic E-state index is 0.138. The summed E-state index contributed by atoms with van der Waals surface area (Å²) in [6, 6.07) is 17.4. The lowest BCUT2D eigenvalue weighted by Gasteiger charge is -2.03. The maximum Gasteiger partial charge on any atom is 0.276 e. The smallest absolute Gasteiger partial charge is 0.276 e. The van der Waals surface area contributed by atoms with Gasteiger partial charge in [0, 0.05) is 7.05 Å². The van der Waals surface area contributed by atoms with E-state index >= 15 is 0 Å². The quantitative estimate of drug-likeness (QED) is 0.804. The molecule has 1 heterocycles. The van der Waals surface area contributed by atoms with E-state index in [1.54, 1.807) is 29.9 Å². The lowest BCUT2D eigenvalue weighted by atomic mass is 10.1. The van der Waals surface area contributed by atoms with Crippen LogP contribution < -0.4 is 5.32 Å². The number of halogens is 1. The standard InChI is InChI=1S/C17H14FN3O/c1-21-16(12-7-3-2-4-8-12)11-15(20-21)17(22)19-14-10-6-5-9-13(14)18/h2-11H,1H3,(H,19,22). The monoisotopic (exact) mass is 295 g/mol. The van der Waals surface area contributed by atoms with E-state index in [1.165, 1.54) is 12.1 Å². The van der Waals surface area contributed by atoms with E-state index in [1.807, 2.05) is 30.3 Å². The van der Waals surface area contributed by atoms with Crippen LogP contribution in [-0.2, 0) is 7.05 Å². The van der Waals surface area contributed by atoms with Crippen LogP contribution in [0.4, 0.5) is 10.1 Å². The molecule has 5 heteroatoms. The fraction of sp³-hybridized carbons (Fsp3) is 0.0588. The van der Waals surface area contributed by atoms with Crippen molar-refractivity contribution in [1.82, 2.24) is 9.78 Å². The van der Waals surface area contributed by atoms with E-state index in [4.69, 9.17) is 0 Å². The topological polar surface area (TPSA) is 46.9 Å². The van der Waals surface area contributed by atoms with Crippen LogP contribution in [0.1, 0.15) is 10.5 Å². The second-order valence-electron chi connectivity index (χ2n) is 4.84. The molecule has 0 bridgehead atoms. The van der Waals surface area contributed by atoms with E-state index in [2.05, 4.69) is 10.4 Å². The second kappa shape index (κ2) is 5.81. The zero-order chi connectivity index (χ0) is 15.5. The summed E-state index contributed by atoms with van der Waals surface area (Å²) in [7, 11) is 1.77. The van der Waals surface area contributed by atoms with Crippen LogP contribution in [-0.4, -0.2) is 15.7 Å². The Balaban J connectivity index is 1.87. The molecule has 3 aromatic rings. The van der Waals surface area contributed by atoms with Crippen LogP contribution in [0.5, 0.6) is 0 Å². The van der Waals surface area contributed by atoms with Crippen molar-refractivity contribution in [2.75, 3.05) is 5.32 Å². The third-order valence-electron chi connectivity index (χ3n) is 3.30. The van der Waals surface area contributed by atoms with Gasteiger partial charge in [0.2, 0.25) is 0 Å². The Hall–Kier alpha value is -2.95. The molecule has 2 aromatic carbocycles. The Morgan fingerprint density at radius 3 is 2.50 bits per heavy atom. The zero-order valence-electron chi connectivity index (χ0n) is 12.0. The third kappa shape index (κ3) is 2.74. The number of carbonyl (C=O) groups is 1. The number of benzene rings is 2. The summed E-state index contributed by atoms with van der Waals surface area (Å²) in [4.78, 5) is 12.2. The Morgan fingerprint density at radius 2 is 1.77 bits per heavy atom. The lowest BCUT2D eigenvalue weighted by Crippen LogP contribution is -2.13. The normalized spacial score (nSPS) is 10.5. The summed E-state index contributed by atoms with van der Waals surface area (Å²) in [5.41, 5.74) is 2.16. The summed E-state index contributed by atoms with van der Waals surface area (Å²) < 4.78 is 15.2. The number of hydrogen-bond donors (Lipinski definition) is 1. The van der Waals surface area contributed by atoms with Gasteiger partial charge in [0.1, 0.15) is 5.82 Å². The SMILES string of the molecule is Cn1nc(C(=O)Nc2ccccc2F)cc1-c1ccccc1. The molecule has 4 nitrogen and oxygen atoms in total. The van der Waals surface area contributed by atoms with Crippen molar-refractivity contribution in [3.05, 3.63) is 72.2 Å². The highest BCUT2D eigenvalue weighted by Crippen LogP contribution is 2.20. The Labute approximate surface area is 127 Å². The first kappa shape index (κ1) is 14.0. The minimum atomic E-state index is -0.477. The largest absolute Gasteiger partial charge is 0.318 e. The number of aryl methyl sites for hydroxylation is 1. The van der Waals surface area contributed by atoms with Crippen molar-refractivity contribution < 1.29 is 9.18 Å². The summed E-state index contributed by atoms with van der Waals surface area (Å²) in [5, 5.41) is 6.72. The number of aromatic nitrogens is 2. The maximum atomic E-state index is 13.6. The van der Waals surface area contributed by atoms with Gasteiger partial charge in [-0.3, -0.25) is 9.48 Å². The molecule has 0 saturated carbocycles. The number of nitrogens with one attached hydrogen (secondary N) is 1. The molecule has 110 valence electrons. The Bertz CT molecular complexity index is 812. The highest BCUT2D eigenvalue weighted by Gasteiger charge is 2.15. The van der Waals surface area contributed by atoms with Gasteiger partial charge in [-0.1, -0.05) is 42.5 Å². The molecule has 0 atom stereocenters. The number of para-hydroxylation sites is 1. The summed E-state index contributed by atoms with van der Waals surface area (Å²) >= 11 is 0. The zero-order valence-corrected chi connectivity index (χ0v) is 12.0. The highest BCUT2D eigenvalue weighted by atomic mass is 19.1. The molecule has 0 saturated heterocycles. The lowest BCUT2D eigenvalue weighted by molar-refractivity contribution is 0.102. The van der Waals surface area contributed by atoms with Gasteiger partial charge in [-0.05, 0) is 23.8 Å². The number of nitrogens with zero attached hydrogens (tertiary/aromatic N) is 2. The van der Waals surface area contributed by atoms with Gasteiger partial charge in [-0.25, -0.2) is 4.39 Å². The Morgan fingerprint density at radius 1 is 1.09 bits per heavy atom. The van der Waals surface area contributed by atoms with Crippen LogP contribution in [0.25, 0.3) is 11.3 Å². The van der Waals surface area contributed by atoms with Gasteiger partial charge in [0.25, 0.3) is 5.91 Å². The molecule has 0 aliphatic carbocycles. The van der Waals surface area contributed by atoms with Crippen molar-refractivity contribution in [3.63, 3.8) is 0 Å². The van der Waals surface area contributed by atoms with Crippen LogP contribution in [0.3, 0.4) is 0 Å². The number of anilines is 1. The summed E-state index contributed by atoms with van der Waals surface area (Å²) in [6.07, 6.45) is 0. The molecule has 0 unspecified atom stereocenters. The average Bonchev–Trinajstić information content (AvgIpc) is 2.92. The molecule has 3 rings (SSSR count). The first-order valence-electron chi connectivity index (χ1n) is 6.80. The molecule has 0 radical (unpaired) electrons. The van der Waals surface area contributed by atoms with Gasteiger partial charge in [-0.15, -0.1) is 0 Å². The predicted octanol–water partition coefficient (Wildman–Crippen LogP) is 3.48. The fourth-order valence-corrected chi connectivity index (χ4v) is 2.21. The van der Waals surface area contributed by atoms with Gasteiger partial charge in [0.15, 0.2) is 5.69 Å². The van der Waals surface area contributed by atoms with Crippen LogP contribution in [0.15, 0.2) is 60.7 Å². The predicted molar refractivity (Wildman–Crippen MR) is 83.0 cm³/mol. The van der Waals surface area contributed by atoms with Crippen molar-refractivity contribution in [2.45, 2.75) is 0 Å². The van der Waals surface area contributed by atoms with E-state index in [0.29, 0.717) is 0 Å². The third-order valence-corrected chi connectivity index (χ3v) is 3.30. The molecule has 22 heavy (non-hydrogen) atoms. The molecule has 0 spiro atoms. The number of hydrogen-bond acceptors (Lipinski definition) is 2. The minimum Gasteiger partial charge on any atom is -0.318 e. The molecule has 1 amide bonds. The highest BCUT2D eigenvalue weighted by molar-refractivity contribution is 6.03. The van der Waals surface area contributed by atoms with E-state index in [-0.39, 0.29) is 11.4 Å². The van der Waals surface area contributed by atoms with Gasteiger partial charge < -0.3 is 5.32 Å². The van der Waals surface area contributed by atoms with E-state index < -0.39 is 11.7 Å². The molecular weight excluding hydrogens is 281 g/mol. The number of amides is 1. The second-order valence-corrected chi connectivity index (χ2v) is 4.84. The van der Waals surface area contributed by atoms with Gasteiger partial charge in [-0.2, -0.15) is 5.10 Å². The molecule has 0 fully saturated rings. The molecule has 0 aliphatic heterocycles. The first-order valence-corrected chi connectivity index (χ1v) is 6.80. The van der Waals surface area contributed by atoms with Crippen molar-refractivity contribution in [2.24, 2.45) is 7.05 Å². The first-order chi connectivity index (χ1) is 10.6. The van der Waals surface area contributed by atoms with Crippen LogP contribution in [0.2, 0.25) is 0 Å². The van der Waals surface area contributed by atoms with E-state index in [9.17, 15) is 9.18 Å². The fourth-order valence-electron chi connectivity index (χ4n) is 2.21. The molecule has 0 aliphatic rings. The van der Waals surface area contributed by atoms with Crippen molar-refractivity contribution in [1.29, 1.82) is 0 Å². The van der Waals surface area contributed by atoms with Crippen LogP contribution in [0, 0.1) is 5.82 Å². The molecule has 1 N–H and O–H groups in total. The molecular formula is C17H14FN3O. The van der Waals surface area contributed by atoms with Crippen molar-refractivity contribution in [3.8, 4) is 11.3 Å². The average molecular weight is 295 g/mol. The van der Waals surface area contributed by atoms with Crippen molar-refractivity contribution >= 4 is 11.6 Å². The number of rotatable bonds is 3. The maximum absolute atomic E-state index is 13.6. The number of carbonyl (C=O) groups excluding carboxylic acids is 1. The Kier molecular flexibility index (Phi) is 3.70. The summed E-state index contributed by atoms with van der Waals surface area (Å²) in [6.45, 7) is 0. The van der Waals surface area contributed by atoms with Gasteiger partial charge >= 0.3 is 0 Å². The summed E-state index contributed by atoms with van der Waals surface area (Å²) in [5.74, 6) is -0.919. The van der Waals surface area contributed by atoms with E-state index in [0.717, 1.165) is 11.3 Å². The van der Waals surface area contributed by atoms with Crippen LogP contribution >= 0.6 is 0 Å². The molecule has 1 aromatic heterocycles.